The fourth-order valence-electron chi connectivity index (χ4n) is 4.59. The number of nitrogens with zero attached hydrogens (tertiary/aromatic N) is 3. The van der Waals surface area contributed by atoms with E-state index >= 15 is 0 Å². The molecule has 1 saturated carbocycles. The van der Waals surface area contributed by atoms with Crippen molar-refractivity contribution in [2.45, 2.75) is 50.0 Å². The Hall–Kier alpha value is -2.63. The quantitative estimate of drug-likeness (QED) is 0.863. The fourth-order valence-corrected chi connectivity index (χ4v) is 4.59. The number of nitrogens with one attached hydrogen (secondary N) is 1. The molecule has 0 spiro atoms. The zero-order chi connectivity index (χ0) is 19.4. The lowest BCUT2D eigenvalue weighted by molar-refractivity contribution is -0.127. The maximum Gasteiger partial charge on any atom is 0.230 e. The number of carbonyl (C=O) groups is 1. The van der Waals surface area contributed by atoms with Crippen LogP contribution in [0.4, 0.5) is 5.95 Å². The van der Waals surface area contributed by atoms with Crippen molar-refractivity contribution in [3.05, 3.63) is 48.3 Å². The minimum atomic E-state index is -0.419. The Kier molecular flexibility index (Phi) is 5.46. The number of aromatic nitrogens is 2. The van der Waals surface area contributed by atoms with Crippen LogP contribution in [-0.2, 0) is 10.2 Å². The van der Waals surface area contributed by atoms with Gasteiger partial charge in [-0.15, -0.1) is 0 Å². The van der Waals surface area contributed by atoms with Crippen LogP contribution in [0.1, 0.15) is 44.1 Å². The van der Waals surface area contributed by atoms with Crippen molar-refractivity contribution in [3.8, 4) is 5.75 Å². The second-order valence-electron chi connectivity index (χ2n) is 7.83. The van der Waals surface area contributed by atoms with Crippen molar-refractivity contribution in [2.75, 3.05) is 25.1 Å². The number of methoxy groups -OCH3 is 1. The molecule has 1 N–H and O–H groups in total. The zero-order valence-corrected chi connectivity index (χ0v) is 16.4. The third-order valence-corrected chi connectivity index (χ3v) is 6.13. The average Bonchev–Trinajstić information content (AvgIpc) is 3.26. The number of amides is 1. The lowest BCUT2D eigenvalue weighted by Gasteiger charge is -2.36. The number of benzene rings is 1. The van der Waals surface area contributed by atoms with E-state index in [1.807, 2.05) is 18.2 Å². The minimum absolute atomic E-state index is 0.126. The van der Waals surface area contributed by atoms with Gasteiger partial charge in [0.25, 0.3) is 0 Å². The van der Waals surface area contributed by atoms with Gasteiger partial charge in [0.05, 0.1) is 12.5 Å². The highest BCUT2D eigenvalue weighted by atomic mass is 16.5. The van der Waals surface area contributed by atoms with E-state index in [1.54, 1.807) is 19.5 Å². The van der Waals surface area contributed by atoms with Gasteiger partial charge < -0.3 is 15.0 Å². The maximum atomic E-state index is 13.4. The molecule has 2 fully saturated rings. The molecule has 2 aliphatic rings. The molecule has 1 amide bonds. The maximum absolute atomic E-state index is 13.4. The molecular weight excluding hydrogens is 352 g/mol. The highest BCUT2D eigenvalue weighted by Crippen LogP contribution is 2.42. The molecule has 6 nitrogen and oxygen atoms in total. The van der Waals surface area contributed by atoms with Crippen molar-refractivity contribution in [1.82, 2.24) is 15.3 Å². The fraction of sp³-hybridized carbons (Fsp3) is 0.500. The van der Waals surface area contributed by atoms with Crippen LogP contribution in [0.2, 0.25) is 0 Å². The van der Waals surface area contributed by atoms with Crippen LogP contribution in [0.3, 0.4) is 0 Å². The normalized spacial score (nSPS) is 21.3. The van der Waals surface area contributed by atoms with Gasteiger partial charge in [-0.3, -0.25) is 4.79 Å². The van der Waals surface area contributed by atoms with Gasteiger partial charge in [0.2, 0.25) is 11.9 Å². The van der Waals surface area contributed by atoms with E-state index in [-0.39, 0.29) is 11.9 Å². The zero-order valence-electron chi connectivity index (χ0n) is 16.4. The molecule has 2 aromatic rings. The Labute approximate surface area is 166 Å². The van der Waals surface area contributed by atoms with Crippen molar-refractivity contribution >= 4 is 11.9 Å². The molecule has 28 heavy (non-hydrogen) atoms. The van der Waals surface area contributed by atoms with Gasteiger partial charge in [-0.25, -0.2) is 9.97 Å². The third kappa shape index (κ3) is 3.68. The average molecular weight is 380 g/mol. The third-order valence-electron chi connectivity index (χ3n) is 6.13. The molecule has 6 heteroatoms. The van der Waals surface area contributed by atoms with Crippen molar-refractivity contribution in [2.24, 2.45) is 0 Å². The first kappa shape index (κ1) is 18.7. The number of piperidine rings is 1. The number of ether oxygens (including phenoxy) is 1. The van der Waals surface area contributed by atoms with Crippen LogP contribution >= 0.6 is 0 Å². The van der Waals surface area contributed by atoms with Crippen LogP contribution in [0.15, 0.2) is 42.7 Å². The highest BCUT2D eigenvalue weighted by Gasteiger charge is 2.43. The van der Waals surface area contributed by atoms with Crippen LogP contribution in [0, 0.1) is 0 Å². The number of rotatable bonds is 5. The SMILES string of the molecule is COc1ccc(C2(C(=O)NC3CCCN(c4ncccn4)C3)CCCC2)cc1. The van der Waals surface area contributed by atoms with E-state index in [2.05, 4.69) is 32.3 Å². The Morgan fingerprint density at radius 1 is 1.14 bits per heavy atom. The Morgan fingerprint density at radius 3 is 2.54 bits per heavy atom. The van der Waals surface area contributed by atoms with E-state index in [0.717, 1.165) is 68.9 Å². The molecule has 1 aromatic heterocycles. The first-order valence-electron chi connectivity index (χ1n) is 10.2. The number of hydrogen-bond donors (Lipinski definition) is 1. The monoisotopic (exact) mass is 380 g/mol. The number of carbonyl (C=O) groups excluding carboxylic acids is 1. The summed E-state index contributed by atoms with van der Waals surface area (Å²) in [6.45, 7) is 1.69. The van der Waals surface area contributed by atoms with Gasteiger partial charge in [0, 0.05) is 31.5 Å². The summed E-state index contributed by atoms with van der Waals surface area (Å²) in [6.07, 6.45) is 9.55. The van der Waals surface area contributed by atoms with Gasteiger partial charge in [-0.05, 0) is 49.4 Å². The lowest BCUT2D eigenvalue weighted by Crippen LogP contribution is -2.53. The van der Waals surface area contributed by atoms with E-state index in [0.29, 0.717) is 0 Å². The molecule has 148 valence electrons. The predicted octanol–water partition coefficient (Wildman–Crippen LogP) is 3.08. The molecule has 1 unspecified atom stereocenters. The highest BCUT2D eigenvalue weighted by molar-refractivity contribution is 5.89. The summed E-state index contributed by atoms with van der Waals surface area (Å²) < 4.78 is 5.28. The molecule has 4 rings (SSSR count). The van der Waals surface area contributed by atoms with Crippen molar-refractivity contribution in [3.63, 3.8) is 0 Å². The first-order valence-corrected chi connectivity index (χ1v) is 10.2. The molecule has 1 aromatic carbocycles. The molecular formula is C22H28N4O2. The Morgan fingerprint density at radius 2 is 1.86 bits per heavy atom. The standard InChI is InChI=1S/C22H28N4O2/c1-28-19-9-7-17(8-10-19)22(11-2-3-12-22)20(27)25-18-6-4-15-26(16-18)21-23-13-5-14-24-21/h5,7-10,13-14,18H,2-4,6,11-12,15-16H2,1H3,(H,25,27). The first-order chi connectivity index (χ1) is 13.7. The topological polar surface area (TPSA) is 67.3 Å². The summed E-state index contributed by atoms with van der Waals surface area (Å²) in [5.74, 6) is 1.73. The van der Waals surface area contributed by atoms with Crippen LogP contribution in [-0.4, -0.2) is 42.1 Å². The van der Waals surface area contributed by atoms with Gasteiger partial charge in [0.1, 0.15) is 5.75 Å². The van der Waals surface area contributed by atoms with Gasteiger partial charge in [-0.2, -0.15) is 0 Å². The number of anilines is 1. The molecule has 1 aliphatic carbocycles. The second-order valence-corrected chi connectivity index (χ2v) is 7.83. The Bertz CT molecular complexity index is 788. The molecule has 0 radical (unpaired) electrons. The van der Waals surface area contributed by atoms with Crippen LogP contribution < -0.4 is 15.0 Å². The summed E-state index contributed by atoms with van der Waals surface area (Å²) in [5, 5.41) is 3.36. The minimum Gasteiger partial charge on any atom is -0.497 e. The summed E-state index contributed by atoms with van der Waals surface area (Å²) in [7, 11) is 1.67. The summed E-state index contributed by atoms with van der Waals surface area (Å²) >= 11 is 0. The van der Waals surface area contributed by atoms with E-state index in [9.17, 15) is 4.79 Å². The van der Waals surface area contributed by atoms with Crippen LogP contribution in [0.25, 0.3) is 0 Å². The van der Waals surface area contributed by atoms with Crippen LogP contribution in [0.5, 0.6) is 5.75 Å². The summed E-state index contributed by atoms with van der Waals surface area (Å²) in [6, 6.07) is 9.96. The van der Waals surface area contributed by atoms with Crippen molar-refractivity contribution in [1.29, 1.82) is 0 Å². The van der Waals surface area contributed by atoms with Gasteiger partial charge in [0.15, 0.2) is 0 Å². The Balaban J connectivity index is 1.48. The summed E-state index contributed by atoms with van der Waals surface area (Å²) in [5.41, 5.74) is 0.681. The molecule has 2 heterocycles. The number of hydrogen-bond acceptors (Lipinski definition) is 5. The summed E-state index contributed by atoms with van der Waals surface area (Å²) in [4.78, 5) is 24.3. The van der Waals surface area contributed by atoms with E-state index in [1.165, 1.54) is 0 Å². The van der Waals surface area contributed by atoms with Crippen molar-refractivity contribution < 1.29 is 9.53 Å². The lowest BCUT2D eigenvalue weighted by atomic mass is 9.77. The smallest absolute Gasteiger partial charge is 0.230 e. The molecule has 1 saturated heterocycles. The van der Waals surface area contributed by atoms with E-state index < -0.39 is 5.41 Å². The molecule has 1 aliphatic heterocycles. The van der Waals surface area contributed by atoms with Gasteiger partial charge >= 0.3 is 0 Å². The van der Waals surface area contributed by atoms with Gasteiger partial charge in [-0.1, -0.05) is 25.0 Å². The molecule has 1 atom stereocenters. The second kappa shape index (κ2) is 8.17. The largest absolute Gasteiger partial charge is 0.497 e. The van der Waals surface area contributed by atoms with E-state index in [4.69, 9.17) is 4.74 Å². The predicted molar refractivity (Wildman–Crippen MR) is 109 cm³/mol. The molecule has 0 bridgehead atoms.